The van der Waals surface area contributed by atoms with Gasteiger partial charge in [0.2, 0.25) is 0 Å². The Kier molecular flexibility index (Phi) is 10.6. The van der Waals surface area contributed by atoms with E-state index in [-0.39, 0.29) is 11.3 Å². The molecule has 0 saturated carbocycles. The fourth-order valence-corrected chi connectivity index (χ4v) is 9.49. The summed E-state index contributed by atoms with van der Waals surface area (Å²) in [6.45, 7) is 13.0. The highest BCUT2D eigenvalue weighted by Gasteiger charge is 2.42. The Labute approximate surface area is 355 Å². The van der Waals surface area contributed by atoms with Gasteiger partial charge in [-0.05, 0) is 108 Å². The molecule has 2 heteroatoms. The van der Waals surface area contributed by atoms with Crippen molar-refractivity contribution in [3.05, 3.63) is 249 Å². The maximum Gasteiger partial charge on any atom is 0.135 e. The molecule has 0 spiro atoms. The number of hydrogen-bond donors (Lipinski definition) is 0. The van der Waals surface area contributed by atoms with Gasteiger partial charge in [0.1, 0.15) is 11.3 Å². The number of fused-ring (bicyclic) bond motifs is 6. The lowest BCUT2D eigenvalue weighted by atomic mass is 9.73. The van der Waals surface area contributed by atoms with Crippen molar-refractivity contribution < 1.29 is 4.42 Å². The zero-order valence-corrected chi connectivity index (χ0v) is 35.1. The molecule has 0 radical (unpaired) electrons. The molecule has 0 saturated heterocycles. The van der Waals surface area contributed by atoms with Crippen LogP contribution in [0.5, 0.6) is 0 Å². The van der Waals surface area contributed by atoms with Gasteiger partial charge in [0.15, 0.2) is 0 Å². The van der Waals surface area contributed by atoms with E-state index in [9.17, 15) is 0 Å². The van der Waals surface area contributed by atoms with Gasteiger partial charge in [0, 0.05) is 33.6 Å². The van der Waals surface area contributed by atoms with E-state index in [4.69, 9.17) is 9.41 Å². The highest BCUT2D eigenvalue weighted by molar-refractivity contribution is 6.12. The third-order valence-electron chi connectivity index (χ3n) is 12.6. The largest absolute Gasteiger partial charge is 0.456 e. The summed E-state index contributed by atoms with van der Waals surface area (Å²) in [5, 5.41) is 1.19. The van der Waals surface area contributed by atoms with E-state index in [0.717, 1.165) is 53.1 Å². The third kappa shape index (κ3) is 7.07. The number of aliphatic imine (C=N–C) groups is 1. The Morgan fingerprint density at radius 2 is 1.43 bits per heavy atom. The van der Waals surface area contributed by atoms with E-state index in [1.165, 1.54) is 66.6 Å². The highest BCUT2D eigenvalue weighted by Crippen LogP contribution is 2.55. The minimum atomic E-state index is -0.188. The van der Waals surface area contributed by atoms with Crippen LogP contribution in [0.4, 0.5) is 0 Å². The second kappa shape index (κ2) is 16.5. The minimum absolute atomic E-state index is 0.165. The van der Waals surface area contributed by atoms with Crippen LogP contribution in [0.3, 0.4) is 0 Å². The molecule has 10 rings (SSSR count). The first kappa shape index (κ1) is 38.7. The number of hydrogen-bond acceptors (Lipinski definition) is 2. The standard InChI is InChI=1S/C36H32.C22H19NO/c1-4-26-12-10-13-28(24-26)34(27-22-20-25(2)21-23-27)31-17-11-19-33-35(31)30-16-8-9-18-32(30)36(33,3)29-14-6-5-7-15-29;1-15(17-9-4-3-5-10-17)23-16(2)18-12-8-14-21-22(18)19-11-6-7-13-20(19)24-21/h5-24,34H,4H2,1-3H3;3-5,7-10,12-14H,1,6,11H2,2H3. The molecule has 60 heavy (non-hydrogen) atoms. The van der Waals surface area contributed by atoms with Crippen LogP contribution in [0.15, 0.2) is 192 Å². The smallest absolute Gasteiger partial charge is 0.135 e. The molecule has 1 aromatic heterocycles. The van der Waals surface area contributed by atoms with Crippen molar-refractivity contribution in [2.24, 2.45) is 4.99 Å². The third-order valence-corrected chi connectivity index (χ3v) is 12.6. The molecule has 0 N–H and O–H groups in total. The number of aryl methyl sites for hydroxylation is 3. The van der Waals surface area contributed by atoms with Crippen LogP contribution in [-0.4, -0.2) is 5.71 Å². The minimum Gasteiger partial charge on any atom is -0.456 e. The molecule has 2 aliphatic rings. The Morgan fingerprint density at radius 1 is 0.733 bits per heavy atom. The molecule has 0 bridgehead atoms. The van der Waals surface area contributed by atoms with Crippen molar-refractivity contribution >= 4 is 28.5 Å². The zero-order chi connectivity index (χ0) is 41.2. The summed E-state index contributed by atoms with van der Waals surface area (Å²) >= 11 is 0. The van der Waals surface area contributed by atoms with Crippen LogP contribution < -0.4 is 0 Å². The Balaban J connectivity index is 0.000000167. The fourth-order valence-electron chi connectivity index (χ4n) is 9.49. The second-order valence-electron chi connectivity index (χ2n) is 16.3. The predicted octanol–water partition coefficient (Wildman–Crippen LogP) is 14.9. The van der Waals surface area contributed by atoms with E-state index >= 15 is 0 Å². The number of furan rings is 1. The summed E-state index contributed by atoms with van der Waals surface area (Å²) in [6.07, 6.45) is 7.36. The second-order valence-corrected chi connectivity index (χ2v) is 16.3. The molecule has 1 heterocycles. The molecular weight excluding hydrogens is 727 g/mol. The predicted molar refractivity (Wildman–Crippen MR) is 253 cm³/mol. The van der Waals surface area contributed by atoms with Gasteiger partial charge in [-0.25, -0.2) is 0 Å². The van der Waals surface area contributed by atoms with Crippen LogP contribution in [-0.2, 0) is 18.3 Å². The van der Waals surface area contributed by atoms with Gasteiger partial charge < -0.3 is 4.42 Å². The fraction of sp³-hybridized carbons (Fsp3) is 0.155. The van der Waals surface area contributed by atoms with Crippen LogP contribution in [0, 0.1) is 6.92 Å². The lowest BCUT2D eigenvalue weighted by Crippen LogP contribution is -2.22. The first-order valence-corrected chi connectivity index (χ1v) is 21.3. The quantitative estimate of drug-likeness (QED) is 0.111. The molecule has 2 nitrogen and oxygen atoms in total. The van der Waals surface area contributed by atoms with Gasteiger partial charge in [-0.15, -0.1) is 0 Å². The van der Waals surface area contributed by atoms with Crippen molar-refractivity contribution in [3.63, 3.8) is 0 Å². The van der Waals surface area contributed by atoms with Crippen molar-refractivity contribution in [2.75, 3.05) is 0 Å². The van der Waals surface area contributed by atoms with Crippen LogP contribution in [0.1, 0.15) is 100 Å². The summed E-state index contributed by atoms with van der Waals surface area (Å²) in [5.41, 5.74) is 19.6. The Hall–Kier alpha value is -6.77. The molecule has 2 atom stereocenters. The van der Waals surface area contributed by atoms with Gasteiger partial charge in [-0.1, -0.05) is 189 Å². The van der Waals surface area contributed by atoms with E-state index < -0.39 is 0 Å². The topological polar surface area (TPSA) is 25.5 Å². The van der Waals surface area contributed by atoms with Gasteiger partial charge in [0.25, 0.3) is 0 Å². The average molecular weight is 778 g/mol. The number of benzene rings is 7. The first-order valence-electron chi connectivity index (χ1n) is 21.3. The molecule has 0 aliphatic heterocycles. The SMILES string of the molecule is C=C(N=C(C)c1cccc2oc3c(c12)CCC=C3)c1ccccc1.CCc1cccc(C(c2ccc(C)cc2)c2cccc3c2-c2ccccc2C3(C)c2ccccc2)c1. The molecule has 0 amide bonds. The van der Waals surface area contributed by atoms with Crippen LogP contribution in [0.25, 0.3) is 33.9 Å². The molecule has 8 aromatic rings. The summed E-state index contributed by atoms with van der Waals surface area (Å²) in [7, 11) is 0. The Bertz CT molecular complexity index is 2890. The maximum atomic E-state index is 6.01. The maximum absolute atomic E-state index is 6.01. The lowest BCUT2D eigenvalue weighted by Gasteiger charge is -2.29. The summed E-state index contributed by atoms with van der Waals surface area (Å²) in [6, 6.07) is 61.5. The molecular formula is C58H51NO. The normalized spacial score (nSPS) is 15.7. The number of rotatable bonds is 8. The Morgan fingerprint density at radius 3 is 2.22 bits per heavy atom. The summed E-state index contributed by atoms with van der Waals surface area (Å²) < 4.78 is 6.01. The molecule has 0 fully saturated rings. The van der Waals surface area contributed by atoms with Gasteiger partial charge >= 0.3 is 0 Å². The number of nitrogens with zero attached hydrogens (tertiary/aromatic N) is 1. The number of allylic oxidation sites excluding steroid dienone is 1. The van der Waals surface area contributed by atoms with Crippen molar-refractivity contribution in [1.82, 2.24) is 0 Å². The molecule has 294 valence electrons. The summed E-state index contributed by atoms with van der Waals surface area (Å²) in [4.78, 5) is 4.76. The highest BCUT2D eigenvalue weighted by atomic mass is 16.3. The summed E-state index contributed by atoms with van der Waals surface area (Å²) in [5.74, 6) is 1.15. The first-order chi connectivity index (χ1) is 29.3. The van der Waals surface area contributed by atoms with Gasteiger partial charge in [0.05, 0.1) is 5.70 Å². The van der Waals surface area contributed by atoms with Gasteiger partial charge in [-0.2, -0.15) is 0 Å². The average Bonchev–Trinajstić information content (AvgIpc) is 3.82. The lowest BCUT2D eigenvalue weighted by molar-refractivity contribution is 0.595. The van der Waals surface area contributed by atoms with Crippen molar-refractivity contribution in [3.8, 4) is 11.1 Å². The van der Waals surface area contributed by atoms with E-state index in [2.05, 4.69) is 167 Å². The zero-order valence-electron chi connectivity index (χ0n) is 35.1. The van der Waals surface area contributed by atoms with Crippen LogP contribution in [0.2, 0.25) is 0 Å². The molecule has 2 aliphatic carbocycles. The van der Waals surface area contributed by atoms with Crippen molar-refractivity contribution in [1.29, 1.82) is 0 Å². The van der Waals surface area contributed by atoms with Crippen LogP contribution >= 0.6 is 0 Å². The molecule has 2 unspecified atom stereocenters. The monoisotopic (exact) mass is 777 g/mol. The van der Waals surface area contributed by atoms with Gasteiger partial charge in [-0.3, -0.25) is 4.99 Å². The van der Waals surface area contributed by atoms with E-state index in [1.807, 2.05) is 49.4 Å². The van der Waals surface area contributed by atoms with E-state index in [1.54, 1.807) is 0 Å². The van der Waals surface area contributed by atoms with Crippen molar-refractivity contribution in [2.45, 2.75) is 58.3 Å². The molecule has 7 aromatic carbocycles. The van der Waals surface area contributed by atoms with E-state index in [0.29, 0.717) is 0 Å².